The number of aliphatic hydroxyl groups is 1. The predicted molar refractivity (Wildman–Crippen MR) is 165 cm³/mol. The van der Waals surface area contributed by atoms with E-state index in [4.69, 9.17) is 14.2 Å². The molecular formula is C36H62O5. The zero-order valence-corrected chi connectivity index (χ0v) is 28.3. The number of carbonyl (C=O) groups excluding carboxylic acids is 1. The third kappa shape index (κ3) is 4.78. The van der Waals surface area contributed by atoms with Crippen LogP contribution in [0.5, 0.6) is 0 Å². The highest BCUT2D eigenvalue weighted by Gasteiger charge is 2.70. The standard InChI is InChI=1S/C36H62O5/c1-12-13-20-41-31(38)29-32(5,24(4)23(2)3)18-19-35(8)26-14-15-28-33(6,25(26)16-17-36(29,35)9)21-27(40-11)30(37)34(28,7)22-39-10/h16,23-24,26-30,37H,12-15,17-22H2,1-11H3/t24-,26+,27-,28-,29-,30+,32-,33-,34?,35-,36+/m1/s1. The number of hydrogen-bond acceptors (Lipinski definition) is 5. The van der Waals surface area contributed by atoms with Gasteiger partial charge in [-0.2, -0.15) is 0 Å². The summed E-state index contributed by atoms with van der Waals surface area (Å²) in [6.45, 7) is 22.2. The van der Waals surface area contributed by atoms with Crippen molar-refractivity contribution in [3.8, 4) is 0 Å². The first-order valence-corrected chi connectivity index (χ1v) is 16.7. The normalized spacial score (nSPS) is 46.7. The molecule has 4 aliphatic carbocycles. The fraction of sp³-hybridized carbons (Fsp3) is 0.917. The zero-order chi connectivity index (χ0) is 30.6. The predicted octanol–water partition coefficient (Wildman–Crippen LogP) is 7.85. The molecule has 0 aromatic rings. The minimum absolute atomic E-state index is 0.00793. The average molecular weight is 575 g/mol. The van der Waals surface area contributed by atoms with Crippen LogP contribution in [0.25, 0.3) is 0 Å². The lowest BCUT2D eigenvalue weighted by molar-refractivity contribution is -0.216. The third-order valence-corrected chi connectivity index (χ3v) is 14.1. The quantitative estimate of drug-likeness (QED) is 0.173. The summed E-state index contributed by atoms with van der Waals surface area (Å²) in [5, 5.41) is 11.5. The second-order valence-corrected chi connectivity index (χ2v) is 16.2. The van der Waals surface area contributed by atoms with E-state index in [2.05, 4.69) is 68.4 Å². The summed E-state index contributed by atoms with van der Waals surface area (Å²) < 4.78 is 17.9. The smallest absolute Gasteiger partial charge is 0.310 e. The van der Waals surface area contributed by atoms with E-state index < -0.39 is 6.10 Å². The maximum Gasteiger partial charge on any atom is 0.310 e. The molecule has 0 aliphatic heterocycles. The molecule has 3 fully saturated rings. The monoisotopic (exact) mass is 574 g/mol. The Morgan fingerprint density at radius 1 is 1.05 bits per heavy atom. The van der Waals surface area contributed by atoms with Gasteiger partial charge in [0, 0.05) is 19.6 Å². The van der Waals surface area contributed by atoms with Gasteiger partial charge in [-0.05, 0) is 90.3 Å². The molecule has 0 aromatic carbocycles. The van der Waals surface area contributed by atoms with Gasteiger partial charge in [0.1, 0.15) is 0 Å². The topological polar surface area (TPSA) is 65.0 Å². The molecular weight excluding hydrogens is 512 g/mol. The van der Waals surface area contributed by atoms with Gasteiger partial charge in [-0.3, -0.25) is 4.79 Å². The molecule has 0 radical (unpaired) electrons. The number of ether oxygens (including phenoxy) is 3. The molecule has 0 spiro atoms. The van der Waals surface area contributed by atoms with E-state index in [0.29, 0.717) is 36.9 Å². The van der Waals surface area contributed by atoms with Crippen molar-refractivity contribution in [2.75, 3.05) is 27.4 Å². The van der Waals surface area contributed by atoms with Crippen molar-refractivity contribution in [3.05, 3.63) is 11.6 Å². The highest BCUT2D eigenvalue weighted by atomic mass is 16.5. The van der Waals surface area contributed by atoms with Gasteiger partial charge in [0.2, 0.25) is 0 Å². The van der Waals surface area contributed by atoms with Gasteiger partial charge < -0.3 is 19.3 Å². The molecule has 1 unspecified atom stereocenters. The summed E-state index contributed by atoms with van der Waals surface area (Å²) in [6.07, 6.45) is 9.78. The van der Waals surface area contributed by atoms with Gasteiger partial charge >= 0.3 is 5.97 Å². The van der Waals surface area contributed by atoms with E-state index in [1.54, 1.807) is 19.8 Å². The number of carbonyl (C=O) groups is 1. The number of fused-ring (bicyclic) bond motifs is 5. The number of rotatable bonds is 9. The Morgan fingerprint density at radius 3 is 2.32 bits per heavy atom. The van der Waals surface area contributed by atoms with Crippen LogP contribution in [0.4, 0.5) is 0 Å². The number of unbranched alkanes of at least 4 members (excludes halogenated alkanes) is 1. The van der Waals surface area contributed by atoms with Crippen molar-refractivity contribution in [2.45, 2.75) is 126 Å². The Labute approximate surface area is 251 Å². The molecule has 236 valence electrons. The Balaban J connectivity index is 1.82. The molecule has 4 aliphatic rings. The minimum Gasteiger partial charge on any atom is -0.465 e. The van der Waals surface area contributed by atoms with Crippen molar-refractivity contribution in [3.63, 3.8) is 0 Å². The first-order valence-electron chi connectivity index (χ1n) is 16.7. The lowest BCUT2D eigenvalue weighted by Crippen LogP contribution is -2.66. The molecule has 0 amide bonds. The lowest BCUT2D eigenvalue weighted by Gasteiger charge is -2.70. The minimum atomic E-state index is -0.553. The van der Waals surface area contributed by atoms with Crippen molar-refractivity contribution in [1.29, 1.82) is 0 Å². The van der Waals surface area contributed by atoms with E-state index in [1.807, 2.05) is 0 Å². The molecule has 0 saturated heterocycles. The van der Waals surface area contributed by atoms with Crippen LogP contribution in [-0.2, 0) is 19.0 Å². The molecule has 41 heavy (non-hydrogen) atoms. The molecule has 11 atom stereocenters. The number of esters is 1. The first kappa shape index (κ1) is 33.0. The molecule has 0 aromatic heterocycles. The van der Waals surface area contributed by atoms with Crippen LogP contribution in [-0.4, -0.2) is 50.7 Å². The highest BCUT2D eigenvalue weighted by molar-refractivity contribution is 5.75. The molecule has 0 bridgehead atoms. The van der Waals surface area contributed by atoms with Gasteiger partial charge in [0.15, 0.2) is 0 Å². The number of allylic oxidation sites excluding steroid dienone is 2. The van der Waals surface area contributed by atoms with E-state index >= 15 is 0 Å². The van der Waals surface area contributed by atoms with E-state index in [-0.39, 0.29) is 45.1 Å². The summed E-state index contributed by atoms with van der Waals surface area (Å²) >= 11 is 0. The number of hydrogen-bond donors (Lipinski definition) is 1. The molecule has 3 saturated carbocycles. The van der Waals surface area contributed by atoms with Gasteiger partial charge in [-0.1, -0.05) is 80.4 Å². The maximum atomic E-state index is 14.2. The zero-order valence-electron chi connectivity index (χ0n) is 28.3. The summed E-state index contributed by atoms with van der Waals surface area (Å²) in [7, 11) is 3.49. The van der Waals surface area contributed by atoms with Crippen LogP contribution in [0.15, 0.2) is 11.6 Å². The Hall–Kier alpha value is -0.910. The van der Waals surface area contributed by atoms with Crippen LogP contribution >= 0.6 is 0 Å². The third-order valence-electron chi connectivity index (χ3n) is 14.1. The van der Waals surface area contributed by atoms with E-state index in [1.165, 1.54) is 0 Å². The lowest BCUT2D eigenvalue weighted by atomic mass is 9.34. The first-order chi connectivity index (χ1) is 19.1. The van der Waals surface area contributed by atoms with E-state index in [0.717, 1.165) is 51.4 Å². The average Bonchev–Trinajstić information content (AvgIpc) is 2.91. The SMILES string of the molecule is CCCCOC(=O)[C@@H]1[C@@](C)([C@H](C)C(C)C)CC[C@]2(C)[C@H]3CC[C@H]4C(C)(COC)[C@@H](O)[C@H](OC)C[C@]4(C)C3=CC[C@@]12C. The summed E-state index contributed by atoms with van der Waals surface area (Å²) in [6, 6.07) is 0. The highest BCUT2D eigenvalue weighted by Crippen LogP contribution is 2.74. The molecule has 1 N–H and O–H groups in total. The maximum absolute atomic E-state index is 14.2. The molecule has 5 heteroatoms. The molecule has 5 nitrogen and oxygen atoms in total. The van der Waals surface area contributed by atoms with E-state index in [9.17, 15) is 9.90 Å². The fourth-order valence-electron chi connectivity index (χ4n) is 11.1. The fourth-order valence-corrected chi connectivity index (χ4v) is 11.1. The second kappa shape index (κ2) is 11.5. The Bertz CT molecular complexity index is 990. The van der Waals surface area contributed by atoms with Gasteiger partial charge in [0.25, 0.3) is 0 Å². The number of methoxy groups -OCH3 is 2. The van der Waals surface area contributed by atoms with Crippen molar-refractivity contribution >= 4 is 5.97 Å². The summed E-state index contributed by atoms with van der Waals surface area (Å²) in [5.74, 6) is 1.55. The Morgan fingerprint density at radius 2 is 1.73 bits per heavy atom. The van der Waals surface area contributed by atoms with Gasteiger partial charge in [-0.15, -0.1) is 0 Å². The molecule has 0 heterocycles. The van der Waals surface area contributed by atoms with Crippen LogP contribution in [0.1, 0.15) is 114 Å². The van der Waals surface area contributed by atoms with Crippen LogP contribution in [0, 0.1) is 56.7 Å². The Kier molecular flexibility index (Phi) is 9.29. The van der Waals surface area contributed by atoms with Crippen LogP contribution in [0.3, 0.4) is 0 Å². The molecule has 4 rings (SSSR count). The van der Waals surface area contributed by atoms with Gasteiger partial charge in [0.05, 0.1) is 31.3 Å². The van der Waals surface area contributed by atoms with Crippen LogP contribution < -0.4 is 0 Å². The van der Waals surface area contributed by atoms with Crippen molar-refractivity contribution in [1.82, 2.24) is 0 Å². The van der Waals surface area contributed by atoms with Crippen molar-refractivity contribution in [2.24, 2.45) is 56.7 Å². The van der Waals surface area contributed by atoms with Gasteiger partial charge in [-0.25, -0.2) is 0 Å². The second-order valence-electron chi connectivity index (χ2n) is 16.2. The summed E-state index contributed by atoms with van der Waals surface area (Å²) in [4.78, 5) is 14.2. The summed E-state index contributed by atoms with van der Waals surface area (Å²) in [5.41, 5.74) is 0.804. The number of aliphatic hydroxyl groups excluding tert-OH is 1. The van der Waals surface area contributed by atoms with Crippen LogP contribution in [0.2, 0.25) is 0 Å². The largest absolute Gasteiger partial charge is 0.465 e. The van der Waals surface area contributed by atoms with Crippen molar-refractivity contribution < 1.29 is 24.1 Å².